The molecule has 0 spiro atoms. The van der Waals surface area contributed by atoms with E-state index in [2.05, 4.69) is 16.6 Å². The summed E-state index contributed by atoms with van der Waals surface area (Å²) in [6.07, 6.45) is 5.22. The highest BCUT2D eigenvalue weighted by atomic mass is 19.1. The summed E-state index contributed by atoms with van der Waals surface area (Å²) in [5, 5.41) is 4.96. The molecule has 1 heterocycles. The Bertz CT molecular complexity index is 560. The minimum absolute atomic E-state index is 0.0376. The number of hydrogen-bond acceptors (Lipinski definition) is 2. The van der Waals surface area contributed by atoms with E-state index in [1.54, 1.807) is 0 Å². The van der Waals surface area contributed by atoms with Crippen molar-refractivity contribution < 1.29 is 14.0 Å². The lowest BCUT2D eigenvalue weighted by atomic mass is 10.1. The molecule has 1 aliphatic heterocycles. The van der Waals surface area contributed by atoms with Gasteiger partial charge in [-0.1, -0.05) is 5.92 Å². The number of hydrogen-bond donors (Lipinski definition) is 2. The van der Waals surface area contributed by atoms with E-state index in [4.69, 9.17) is 6.42 Å². The standard InChI is InChI=1S/C12H9FN2O2/c1-3-7-4-8(13)5-9-10(7)15-11(16)6(2)14-12(9)17/h1,4-6H,2H3,(H,14,17)(H,15,16). The van der Waals surface area contributed by atoms with E-state index in [9.17, 15) is 14.0 Å². The van der Waals surface area contributed by atoms with Gasteiger partial charge in [-0.25, -0.2) is 4.39 Å². The van der Waals surface area contributed by atoms with Gasteiger partial charge >= 0.3 is 0 Å². The Kier molecular flexibility index (Phi) is 2.56. The van der Waals surface area contributed by atoms with E-state index in [0.717, 1.165) is 12.1 Å². The summed E-state index contributed by atoms with van der Waals surface area (Å²) in [6.45, 7) is 1.53. The number of rotatable bonds is 0. The highest BCUT2D eigenvalue weighted by Crippen LogP contribution is 2.24. The van der Waals surface area contributed by atoms with Gasteiger partial charge in [-0.2, -0.15) is 0 Å². The largest absolute Gasteiger partial charge is 0.340 e. The zero-order valence-corrected chi connectivity index (χ0v) is 9.00. The van der Waals surface area contributed by atoms with Crippen molar-refractivity contribution in [2.75, 3.05) is 5.32 Å². The maximum atomic E-state index is 13.3. The predicted molar refractivity (Wildman–Crippen MR) is 59.9 cm³/mol. The molecule has 0 radical (unpaired) electrons. The average Bonchev–Trinajstić information content (AvgIpc) is 2.38. The second-order valence-corrected chi connectivity index (χ2v) is 3.70. The van der Waals surface area contributed by atoms with Gasteiger partial charge in [-0.05, 0) is 19.1 Å². The number of anilines is 1. The Morgan fingerprint density at radius 2 is 2.12 bits per heavy atom. The molecule has 1 unspecified atom stereocenters. The maximum absolute atomic E-state index is 13.3. The van der Waals surface area contributed by atoms with Crippen LogP contribution in [0.1, 0.15) is 22.8 Å². The minimum Gasteiger partial charge on any atom is -0.340 e. The van der Waals surface area contributed by atoms with E-state index in [1.165, 1.54) is 6.92 Å². The van der Waals surface area contributed by atoms with Crippen LogP contribution in [0.25, 0.3) is 0 Å². The minimum atomic E-state index is -0.691. The van der Waals surface area contributed by atoms with Crippen LogP contribution in [0.5, 0.6) is 0 Å². The second kappa shape index (κ2) is 3.91. The smallest absolute Gasteiger partial charge is 0.254 e. The van der Waals surface area contributed by atoms with Gasteiger partial charge in [0, 0.05) is 0 Å². The van der Waals surface area contributed by atoms with Crippen LogP contribution in [0.2, 0.25) is 0 Å². The zero-order chi connectivity index (χ0) is 12.6. The van der Waals surface area contributed by atoms with Crippen molar-refractivity contribution in [2.45, 2.75) is 13.0 Å². The first-order valence-corrected chi connectivity index (χ1v) is 4.95. The molecule has 0 saturated carbocycles. The number of carbonyl (C=O) groups excluding carboxylic acids is 2. The number of carbonyl (C=O) groups is 2. The van der Waals surface area contributed by atoms with Crippen LogP contribution in [0, 0.1) is 18.2 Å². The molecule has 2 N–H and O–H groups in total. The first kappa shape index (κ1) is 11.1. The summed E-state index contributed by atoms with van der Waals surface area (Å²) in [7, 11) is 0. The molecule has 1 aromatic rings. The number of amides is 2. The van der Waals surface area contributed by atoms with Crippen molar-refractivity contribution in [3.8, 4) is 12.3 Å². The van der Waals surface area contributed by atoms with Crippen LogP contribution in [-0.2, 0) is 4.79 Å². The molecule has 0 bridgehead atoms. The van der Waals surface area contributed by atoms with E-state index in [0.29, 0.717) is 0 Å². The lowest BCUT2D eigenvalue weighted by molar-refractivity contribution is -0.117. The quantitative estimate of drug-likeness (QED) is 0.652. The van der Waals surface area contributed by atoms with E-state index in [-0.39, 0.29) is 22.7 Å². The van der Waals surface area contributed by atoms with Crippen molar-refractivity contribution in [3.63, 3.8) is 0 Å². The number of terminal acetylenes is 1. The predicted octanol–water partition coefficient (Wildman–Crippen LogP) is 0.877. The van der Waals surface area contributed by atoms with Gasteiger partial charge < -0.3 is 10.6 Å². The zero-order valence-electron chi connectivity index (χ0n) is 9.00. The van der Waals surface area contributed by atoms with Crippen molar-refractivity contribution >= 4 is 17.5 Å². The number of nitrogens with one attached hydrogen (secondary N) is 2. The van der Waals surface area contributed by atoms with Crippen LogP contribution >= 0.6 is 0 Å². The van der Waals surface area contributed by atoms with Crippen LogP contribution < -0.4 is 10.6 Å². The van der Waals surface area contributed by atoms with Gasteiger partial charge in [0.25, 0.3) is 5.91 Å². The second-order valence-electron chi connectivity index (χ2n) is 3.70. The fraction of sp³-hybridized carbons (Fsp3) is 0.167. The number of fused-ring (bicyclic) bond motifs is 1. The van der Waals surface area contributed by atoms with Gasteiger partial charge in [0.15, 0.2) is 0 Å². The van der Waals surface area contributed by atoms with E-state index < -0.39 is 17.8 Å². The highest BCUT2D eigenvalue weighted by Gasteiger charge is 2.26. The molecule has 5 heteroatoms. The molecule has 1 atom stereocenters. The molecule has 0 aromatic heterocycles. The molecule has 0 aliphatic carbocycles. The molecule has 0 fully saturated rings. The third kappa shape index (κ3) is 1.85. The van der Waals surface area contributed by atoms with Gasteiger partial charge in [0.1, 0.15) is 11.9 Å². The Labute approximate surface area is 97.2 Å². The normalized spacial score (nSPS) is 18.5. The number of halogens is 1. The molecule has 1 aromatic carbocycles. The van der Waals surface area contributed by atoms with Crippen LogP contribution in [0.4, 0.5) is 10.1 Å². The van der Waals surface area contributed by atoms with Crippen molar-refractivity contribution in [2.24, 2.45) is 0 Å². The molecule has 86 valence electrons. The third-order valence-corrected chi connectivity index (χ3v) is 2.49. The number of benzene rings is 1. The van der Waals surface area contributed by atoms with E-state index >= 15 is 0 Å². The molecule has 2 rings (SSSR count). The van der Waals surface area contributed by atoms with Crippen LogP contribution in [0.15, 0.2) is 12.1 Å². The fourth-order valence-corrected chi connectivity index (χ4v) is 1.61. The Hall–Kier alpha value is -2.35. The summed E-state index contributed by atoms with van der Waals surface area (Å²) in [6, 6.07) is 1.45. The lowest BCUT2D eigenvalue weighted by Crippen LogP contribution is -2.38. The summed E-state index contributed by atoms with van der Waals surface area (Å²) >= 11 is 0. The van der Waals surface area contributed by atoms with E-state index in [1.807, 2.05) is 0 Å². The summed E-state index contributed by atoms with van der Waals surface area (Å²) < 4.78 is 13.3. The molecule has 1 aliphatic rings. The summed E-state index contributed by atoms with van der Waals surface area (Å²) in [4.78, 5) is 23.3. The van der Waals surface area contributed by atoms with Crippen molar-refractivity contribution in [1.29, 1.82) is 0 Å². The lowest BCUT2D eigenvalue weighted by Gasteiger charge is -2.08. The van der Waals surface area contributed by atoms with Crippen molar-refractivity contribution in [1.82, 2.24) is 5.32 Å². The average molecular weight is 232 g/mol. The molecular formula is C12H9FN2O2. The van der Waals surface area contributed by atoms with Gasteiger partial charge in [-0.3, -0.25) is 9.59 Å². The molecule has 4 nitrogen and oxygen atoms in total. The Morgan fingerprint density at radius 3 is 2.76 bits per heavy atom. The molecule has 17 heavy (non-hydrogen) atoms. The highest BCUT2D eigenvalue weighted by molar-refractivity contribution is 6.10. The monoisotopic (exact) mass is 232 g/mol. The first-order valence-electron chi connectivity index (χ1n) is 4.95. The van der Waals surface area contributed by atoms with Gasteiger partial charge in [0.05, 0.1) is 16.8 Å². The Balaban J connectivity index is 2.66. The van der Waals surface area contributed by atoms with Crippen LogP contribution in [0.3, 0.4) is 0 Å². The SMILES string of the molecule is C#Cc1cc(F)cc2c1NC(=O)C(C)NC2=O. The molecular weight excluding hydrogens is 223 g/mol. The first-order chi connectivity index (χ1) is 8.02. The topological polar surface area (TPSA) is 58.2 Å². The molecule has 2 amide bonds. The summed E-state index contributed by atoms with van der Waals surface area (Å²) in [5.41, 5.74) is 0.369. The Morgan fingerprint density at radius 1 is 1.41 bits per heavy atom. The van der Waals surface area contributed by atoms with Gasteiger partial charge in [-0.15, -0.1) is 6.42 Å². The third-order valence-electron chi connectivity index (χ3n) is 2.49. The maximum Gasteiger partial charge on any atom is 0.254 e. The van der Waals surface area contributed by atoms with Gasteiger partial charge in [0.2, 0.25) is 5.91 Å². The summed E-state index contributed by atoms with van der Waals surface area (Å²) in [5.74, 6) is 0.715. The fourth-order valence-electron chi connectivity index (χ4n) is 1.61. The molecule has 0 saturated heterocycles. The van der Waals surface area contributed by atoms with Crippen molar-refractivity contribution in [3.05, 3.63) is 29.1 Å². The van der Waals surface area contributed by atoms with Crippen LogP contribution in [-0.4, -0.2) is 17.9 Å².